The third-order valence-electron chi connectivity index (χ3n) is 2.42. The van der Waals surface area contributed by atoms with Crippen molar-refractivity contribution in [2.24, 2.45) is 0 Å². The monoisotopic (exact) mass is 346 g/mol. The Morgan fingerprint density at radius 2 is 2.21 bits per heavy atom. The number of hydrogen-bond donors (Lipinski definition) is 3. The summed E-state index contributed by atoms with van der Waals surface area (Å²) in [6.07, 6.45) is 0.801. The van der Waals surface area contributed by atoms with Crippen LogP contribution in [0, 0.1) is 6.92 Å². The number of urea groups is 1. The third kappa shape index (κ3) is 6.84. The van der Waals surface area contributed by atoms with Gasteiger partial charge in [0.2, 0.25) is 0 Å². The van der Waals surface area contributed by atoms with Crippen LogP contribution in [0.15, 0.2) is 22.7 Å². The predicted octanol–water partition coefficient (Wildman–Crippen LogP) is 2.99. The number of anilines is 1. The highest BCUT2D eigenvalue weighted by Gasteiger charge is 2.03. The van der Waals surface area contributed by atoms with E-state index < -0.39 is 0 Å². The summed E-state index contributed by atoms with van der Waals surface area (Å²) in [4.78, 5) is 11.7. The van der Waals surface area contributed by atoms with Crippen molar-refractivity contribution in [3.8, 4) is 0 Å². The van der Waals surface area contributed by atoms with Gasteiger partial charge in [-0.3, -0.25) is 0 Å². The van der Waals surface area contributed by atoms with Crippen LogP contribution in [0.5, 0.6) is 0 Å². The average molecular weight is 347 g/mol. The van der Waals surface area contributed by atoms with Crippen LogP contribution in [0.25, 0.3) is 0 Å². The zero-order valence-electron chi connectivity index (χ0n) is 10.9. The second-order valence-electron chi connectivity index (χ2n) is 4.03. The van der Waals surface area contributed by atoms with E-state index in [1.54, 1.807) is 11.8 Å². The average Bonchev–Trinajstić information content (AvgIpc) is 2.37. The van der Waals surface area contributed by atoms with E-state index in [1.807, 2.05) is 25.1 Å². The SMILES string of the molecule is Cc1cc(Br)ccc1NC(=O)NCCSCCCO. The minimum absolute atomic E-state index is 0.187. The van der Waals surface area contributed by atoms with Gasteiger partial charge in [-0.2, -0.15) is 11.8 Å². The van der Waals surface area contributed by atoms with E-state index in [0.29, 0.717) is 6.54 Å². The van der Waals surface area contributed by atoms with Crippen LogP contribution in [0.4, 0.5) is 10.5 Å². The Hall–Kier alpha value is -0.720. The quantitative estimate of drug-likeness (QED) is 0.665. The molecule has 106 valence electrons. The molecule has 0 aliphatic heterocycles. The first-order valence-corrected chi connectivity index (χ1v) is 8.08. The molecule has 0 bridgehead atoms. The molecule has 0 saturated heterocycles. The first kappa shape index (κ1) is 16.3. The molecule has 0 unspecified atom stereocenters. The van der Waals surface area contributed by atoms with Crippen LogP contribution in [-0.2, 0) is 0 Å². The lowest BCUT2D eigenvalue weighted by Gasteiger charge is -2.10. The smallest absolute Gasteiger partial charge is 0.319 e. The van der Waals surface area contributed by atoms with E-state index in [2.05, 4.69) is 26.6 Å². The Balaban J connectivity index is 2.23. The molecular weight excluding hydrogens is 328 g/mol. The number of aliphatic hydroxyl groups excluding tert-OH is 1. The van der Waals surface area contributed by atoms with Crippen LogP contribution < -0.4 is 10.6 Å². The number of halogens is 1. The number of rotatable bonds is 7. The number of carbonyl (C=O) groups is 1. The van der Waals surface area contributed by atoms with Crippen molar-refractivity contribution in [1.82, 2.24) is 5.32 Å². The minimum atomic E-state index is -0.187. The number of thioether (sulfide) groups is 1. The van der Waals surface area contributed by atoms with Gasteiger partial charge in [-0.25, -0.2) is 4.79 Å². The Labute approximate surface area is 126 Å². The normalized spacial score (nSPS) is 10.3. The molecule has 1 aromatic rings. The first-order chi connectivity index (χ1) is 9.13. The maximum Gasteiger partial charge on any atom is 0.319 e. The number of hydrogen-bond acceptors (Lipinski definition) is 3. The van der Waals surface area contributed by atoms with E-state index >= 15 is 0 Å². The fourth-order valence-electron chi connectivity index (χ4n) is 1.44. The molecule has 0 aromatic heterocycles. The van der Waals surface area contributed by atoms with Gasteiger partial charge >= 0.3 is 6.03 Å². The molecule has 0 fully saturated rings. The number of amides is 2. The molecule has 19 heavy (non-hydrogen) atoms. The van der Waals surface area contributed by atoms with Gasteiger partial charge in [0.25, 0.3) is 0 Å². The van der Waals surface area contributed by atoms with Crippen molar-refractivity contribution < 1.29 is 9.90 Å². The first-order valence-electron chi connectivity index (χ1n) is 6.13. The number of nitrogens with one attached hydrogen (secondary N) is 2. The van der Waals surface area contributed by atoms with Crippen LogP contribution in [0.1, 0.15) is 12.0 Å². The second kappa shape index (κ2) is 9.23. The summed E-state index contributed by atoms with van der Waals surface area (Å²) in [5.41, 5.74) is 1.83. The number of carbonyl (C=O) groups excluding carboxylic acids is 1. The summed E-state index contributed by atoms with van der Waals surface area (Å²) >= 11 is 5.11. The number of aliphatic hydroxyl groups is 1. The van der Waals surface area contributed by atoms with E-state index in [9.17, 15) is 4.79 Å². The zero-order valence-corrected chi connectivity index (χ0v) is 13.3. The maximum absolute atomic E-state index is 11.7. The Kier molecular flexibility index (Phi) is 7.93. The fraction of sp³-hybridized carbons (Fsp3) is 0.462. The topological polar surface area (TPSA) is 61.4 Å². The molecule has 0 atom stereocenters. The highest BCUT2D eigenvalue weighted by atomic mass is 79.9. The largest absolute Gasteiger partial charge is 0.396 e. The summed E-state index contributed by atoms with van der Waals surface area (Å²) in [5.74, 6) is 1.78. The fourth-order valence-corrected chi connectivity index (χ4v) is 2.70. The third-order valence-corrected chi connectivity index (χ3v) is 3.98. The van der Waals surface area contributed by atoms with Crippen LogP contribution >= 0.6 is 27.7 Å². The van der Waals surface area contributed by atoms with Crippen LogP contribution in [0.3, 0.4) is 0 Å². The van der Waals surface area contributed by atoms with Gasteiger partial charge < -0.3 is 15.7 Å². The summed E-state index contributed by atoms with van der Waals surface area (Å²) in [5, 5.41) is 14.2. The van der Waals surface area contributed by atoms with Crippen molar-refractivity contribution in [2.45, 2.75) is 13.3 Å². The van der Waals surface area contributed by atoms with Crippen LogP contribution in [-0.4, -0.2) is 35.8 Å². The molecular formula is C13H19BrN2O2S. The molecule has 3 N–H and O–H groups in total. The van der Waals surface area contributed by atoms with Gasteiger partial charge in [-0.05, 0) is 42.9 Å². The van der Waals surface area contributed by atoms with Gasteiger partial charge in [-0.15, -0.1) is 0 Å². The summed E-state index contributed by atoms with van der Waals surface area (Å²) < 4.78 is 0.997. The van der Waals surface area contributed by atoms with E-state index in [4.69, 9.17) is 5.11 Å². The van der Waals surface area contributed by atoms with Crippen molar-refractivity contribution in [1.29, 1.82) is 0 Å². The summed E-state index contributed by atoms with van der Waals surface area (Å²) in [7, 11) is 0. The van der Waals surface area contributed by atoms with Gasteiger partial charge in [-0.1, -0.05) is 15.9 Å². The van der Waals surface area contributed by atoms with Crippen molar-refractivity contribution in [2.75, 3.05) is 30.0 Å². The van der Waals surface area contributed by atoms with Crippen molar-refractivity contribution >= 4 is 39.4 Å². The zero-order chi connectivity index (χ0) is 14.1. The van der Waals surface area contributed by atoms with E-state index in [1.165, 1.54) is 0 Å². The van der Waals surface area contributed by atoms with E-state index in [0.717, 1.165) is 33.7 Å². The van der Waals surface area contributed by atoms with Gasteiger partial charge in [0.05, 0.1) is 0 Å². The lowest BCUT2D eigenvalue weighted by atomic mass is 10.2. The molecule has 0 aliphatic rings. The van der Waals surface area contributed by atoms with Crippen molar-refractivity contribution in [3.63, 3.8) is 0 Å². The Morgan fingerprint density at radius 1 is 1.42 bits per heavy atom. The predicted molar refractivity (Wildman–Crippen MR) is 84.9 cm³/mol. The molecule has 0 saturated carbocycles. The molecule has 1 rings (SSSR count). The van der Waals surface area contributed by atoms with Gasteiger partial charge in [0, 0.05) is 29.1 Å². The van der Waals surface area contributed by atoms with Crippen LogP contribution in [0.2, 0.25) is 0 Å². The standard InChI is InChI=1S/C13H19BrN2O2S/c1-10-9-11(14)3-4-12(10)16-13(18)15-5-8-19-7-2-6-17/h3-4,9,17H,2,5-8H2,1H3,(H2,15,16,18). The summed E-state index contributed by atoms with van der Waals surface area (Å²) in [6.45, 7) is 2.80. The van der Waals surface area contributed by atoms with Gasteiger partial charge in [0.1, 0.15) is 0 Å². The second-order valence-corrected chi connectivity index (χ2v) is 6.17. The number of aryl methyl sites for hydroxylation is 1. The number of benzene rings is 1. The molecule has 0 aliphatic carbocycles. The Bertz CT molecular complexity index is 416. The lowest BCUT2D eigenvalue weighted by molar-refractivity contribution is 0.252. The molecule has 0 spiro atoms. The van der Waals surface area contributed by atoms with Crippen molar-refractivity contribution in [3.05, 3.63) is 28.2 Å². The lowest BCUT2D eigenvalue weighted by Crippen LogP contribution is -2.30. The molecule has 0 heterocycles. The van der Waals surface area contributed by atoms with E-state index in [-0.39, 0.29) is 12.6 Å². The molecule has 6 heteroatoms. The molecule has 0 radical (unpaired) electrons. The highest BCUT2D eigenvalue weighted by molar-refractivity contribution is 9.10. The molecule has 4 nitrogen and oxygen atoms in total. The molecule has 2 amide bonds. The Morgan fingerprint density at radius 3 is 2.89 bits per heavy atom. The van der Waals surface area contributed by atoms with Gasteiger partial charge in [0.15, 0.2) is 0 Å². The highest BCUT2D eigenvalue weighted by Crippen LogP contribution is 2.19. The maximum atomic E-state index is 11.7. The minimum Gasteiger partial charge on any atom is -0.396 e. The molecule has 1 aromatic carbocycles. The summed E-state index contributed by atoms with van der Waals surface area (Å²) in [6, 6.07) is 5.54.